The first-order valence-electron chi connectivity index (χ1n) is 10.2. The Morgan fingerprint density at radius 2 is 1.96 bits per heavy atom. The van der Waals surface area contributed by atoms with Gasteiger partial charge in [0.1, 0.15) is 0 Å². The molecule has 1 N–H and O–H groups in total. The largest absolute Gasteiger partial charge is 0.339 e. The Morgan fingerprint density at radius 1 is 1.19 bits per heavy atom. The Labute approximate surface area is 165 Å². The average Bonchev–Trinajstić information content (AvgIpc) is 3.20. The van der Waals surface area contributed by atoms with Crippen molar-refractivity contribution in [3.63, 3.8) is 0 Å². The molecule has 0 radical (unpaired) electrons. The molecule has 0 bridgehead atoms. The number of nitrogens with zero attached hydrogens (tertiary/aromatic N) is 3. The minimum atomic E-state index is 0.246. The molecular weight excluding hydrogens is 356 g/mol. The molecule has 0 unspecified atom stereocenters. The van der Waals surface area contributed by atoms with Crippen LogP contribution in [0.5, 0.6) is 0 Å². The van der Waals surface area contributed by atoms with E-state index in [0.717, 1.165) is 36.7 Å². The zero-order valence-corrected chi connectivity index (χ0v) is 16.8. The van der Waals surface area contributed by atoms with Crippen LogP contribution in [0.15, 0.2) is 29.4 Å². The number of piperidine rings is 1. The van der Waals surface area contributed by atoms with Crippen molar-refractivity contribution in [3.8, 4) is 11.4 Å². The van der Waals surface area contributed by atoms with Crippen molar-refractivity contribution in [1.29, 1.82) is 0 Å². The standard InChI is InChI=1S/C21H28N4OS/c1-2-15-9-11-17(12-10-15)20-22-21(24-23-20)27-14-19(26)25-13-5-7-16-6-3-4-8-18(16)25/h9-12,16,18H,2-8,13-14H2,1H3,(H,22,23,24)/t16-,18-/m0/s1. The van der Waals surface area contributed by atoms with Crippen LogP contribution in [0.3, 0.4) is 0 Å². The molecule has 2 aromatic rings. The van der Waals surface area contributed by atoms with E-state index in [0.29, 0.717) is 17.0 Å². The van der Waals surface area contributed by atoms with Gasteiger partial charge in [0.05, 0.1) is 5.75 Å². The van der Waals surface area contributed by atoms with Gasteiger partial charge >= 0.3 is 0 Å². The molecule has 1 aromatic carbocycles. The van der Waals surface area contributed by atoms with Gasteiger partial charge in [-0.3, -0.25) is 9.89 Å². The fraction of sp³-hybridized carbons (Fsp3) is 0.571. The quantitative estimate of drug-likeness (QED) is 0.781. The third-order valence-electron chi connectivity index (χ3n) is 5.99. The summed E-state index contributed by atoms with van der Waals surface area (Å²) in [7, 11) is 0. The number of likely N-dealkylation sites (tertiary alicyclic amines) is 1. The van der Waals surface area contributed by atoms with E-state index < -0.39 is 0 Å². The molecule has 5 nitrogen and oxygen atoms in total. The second kappa shape index (κ2) is 8.46. The normalized spacial score (nSPS) is 22.5. The second-order valence-electron chi connectivity index (χ2n) is 7.65. The number of aromatic nitrogens is 3. The van der Waals surface area contributed by atoms with Gasteiger partial charge in [0.25, 0.3) is 0 Å². The number of carbonyl (C=O) groups is 1. The maximum atomic E-state index is 12.8. The summed E-state index contributed by atoms with van der Waals surface area (Å²) in [6.07, 6.45) is 8.54. The third kappa shape index (κ3) is 4.21. The van der Waals surface area contributed by atoms with Gasteiger partial charge in [-0.15, -0.1) is 5.10 Å². The topological polar surface area (TPSA) is 61.9 Å². The summed E-state index contributed by atoms with van der Waals surface area (Å²) in [4.78, 5) is 19.5. The number of carbonyl (C=O) groups excluding carboxylic acids is 1. The highest BCUT2D eigenvalue weighted by Gasteiger charge is 2.35. The number of fused-ring (bicyclic) bond motifs is 1. The molecule has 1 aromatic heterocycles. The number of benzene rings is 1. The van der Waals surface area contributed by atoms with Gasteiger partial charge in [0.2, 0.25) is 11.1 Å². The Balaban J connectivity index is 1.35. The maximum absolute atomic E-state index is 12.8. The van der Waals surface area contributed by atoms with E-state index in [4.69, 9.17) is 0 Å². The van der Waals surface area contributed by atoms with Crippen molar-refractivity contribution in [1.82, 2.24) is 20.1 Å². The fourth-order valence-corrected chi connectivity index (χ4v) is 5.17. The summed E-state index contributed by atoms with van der Waals surface area (Å²) < 4.78 is 0. The van der Waals surface area contributed by atoms with Crippen molar-refractivity contribution in [2.75, 3.05) is 12.3 Å². The second-order valence-corrected chi connectivity index (χ2v) is 8.59. The van der Waals surface area contributed by atoms with E-state index in [1.807, 2.05) is 0 Å². The number of thioether (sulfide) groups is 1. The molecule has 27 heavy (non-hydrogen) atoms. The first kappa shape index (κ1) is 18.5. The monoisotopic (exact) mass is 384 g/mol. The van der Waals surface area contributed by atoms with Crippen LogP contribution in [0.2, 0.25) is 0 Å². The number of nitrogens with one attached hydrogen (secondary N) is 1. The molecule has 1 saturated carbocycles. The first-order chi connectivity index (χ1) is 13.2. The molecule has 6 heteroatoms. The SMILES string of the molecule is CCc1ccc(-c2nc(SCC(=O)N3CCC[C@@H]4CCCC[C@@H]43)n[nH]2)cc1. The van der Waals surface area contributed by atoms with Crippen LogP contribution in [0.4, 0.5) is 0 Å². The summed E-state index contributed by atoms with van der Waals surface area (Å²) in [6.45, 7) is 3.07. The van der Waals surface area contributed by atoms with Gasteiger partial charge in [-0.1, -0.05) is 55.8 Å². The molecule has 144 valence electrons. The van der Waals surface area contributed by atoms with Crippen molar-refractivity contribution in [2.24, 2.45) is 5.92 Å². The molecule has 0 spiro atoms. The Hall–Kier alpha value is -1.82. The van der Waals surface area contributed by atoms with Gasteiger partial charge in [0.15, 0.2) is 5.82 Å². The lowest BCUT2D eigenvalue weighted by Crippen LogP contribution is -2.50. The summed E-state index contributed by atoms with van der Waals surface area (Å²) in [5.41, 5.74) is 2.33. The number of amides is 1. The molecule has 2 atom stereocenters. The number of aryl methyl sites for hydroxylation is 1. The van der Waals surface area contributed by atoms with E-state index in [2.05, 4.69) is 51.3 Å². The minimum Gasteiger partial charge on any atom is -0.339 e. The van der Waals surface area contributed by atoms with Gasteiger partial charge in [-0.05, 0) is 43.6 Å². The lowest BCUT2D eigenvalue weighted by Gasteiger charge is -2.44. The first-order valence-corrected chi connectivity index (χ1v) is 11.2. The number of hydrogen-bond donors (Lipinski definition) is 1. The van der Waals surface area contributed by atoms with Crippen LogP contribution in [0.1, 0.15) is 51.0 Å². The van der Waals surface area contributed by atoms with E-state index in [-0.39, 0.29) is 5.91 Å². The van der Waals surface area contributed by atoms with Gasteiger partial charge in [-0.2, -0.15) is 0 Å². The highest BCUT2D eigenvalue weighted by molar-refractivity contribution is 7.99. The van der Waals surface area contributed by atoms with E-state index in [9.17, 15) is 4.79 Å². The van der Waals surface area contributed by atoms with E-state index in [1.54, 1.807) is 0 Å². The van der Waals surface area contributed by atoms with E-state index >= 15 is 0 Å². The van der Waals surface area contributed by atoms with Crippen molar-refractivity contribution < 1.29 is 4.79 Å². The van der Waals surface area contributed by atoms with Crippen LogP contribution < -0.4 is 0 Å². The average molecular weight is 385 g/mol. The Morgan fingerprint density at radius 3 is 2.78 bits per heavy atom. The highest BCUT2D eigenvalue weighted by atomic mass is 32.2. The lowest BCUT2D eigenvalue weighted by atomic mass is 9.78. The molecule has 2 aliphatic rings. The van der Waals surface area contributed by atoms with Crippen molar-refractivity contribution in [2.45, 2.75) is 63.1 Å². The Bertz CT molecular complexity index is 771. The molecule has 2 fully saturated rings. The molecule has 4 rings (SSSR count). The molecule has 1 saturated heterocycles. The highest BCUT2D eigenvalue weighted by Crippen LogP contribution is 2.35. The molecule has 1 amide bonds. The van der Waals surface area contributed by atoms with Gasteiger partial charge in [0, 0.05) is 18.2 Å². The van der Waals surface area contributed by atoms with Gasteiger partial charge in [-0.25, -0.2) is 4.98 Å². The zero-order valence-electron chi connectivity index (χ0n) is 16.0. The molecule has 1 aliphatic heterocycles. The van der Waals surface area contributed by atoms with Crippen LogP contribution in [0, 0.1) is 5.92 Å². The Kier molecular flexibility index (Phi) is 5.81. The smallest absolute Gasteiger partial charge is 0.233 e. The van der Waals surface area contributed by atoms with E-state index in [1.165, 1.54) is 49.4 Å². The van der Waals surface area contributed by atoms with Crippen LogP contribution in [-0.2, 0) is 11.2 Å². The number of hydrogen-bond acceptors (Lipinski definition) is 4. The number of aromatic amines is 1. The summed E-state index contributed by atoms with van der Waals surface area (Å²) >= 11 is 1.44. The van der Waals surface area contributed by atoms with Gasteiger partial charge < -0.3 is 4.90 Å². The molecule has 2 heterocycles. The summed E-state index contributed by atoms with van der Waals surface area (Å²) in [6, 6.07) is 8.84. The fourth-order valence-electron chi connectivity index (χ4n) is 4.48. The summed E-state index contributed by atoms with van der Waals surface area (Å²) in [5, 5.41) is 7.94. The number of H-pyrrole nitrogens is 1. The predicted octanol–water partition coefficient (Wildman–Crippen LogP) is 4.31. The predicted molar refractivity (Wildman–Crippen MR) is 109 cm³/mol. The van der Waals surface area contributed by atoms with Crippen molar-refractivity contribution in [3.05, 3.63) is 29.8 Å². The minimum absolute atomic E-state index is 0.246. The van der Waals surface area contributed by atoms with Crippen LogP contribution in [0.25, 0.3) is 11.4 Å². The van der Waals surface area contributed by atoms with Crippen LogP contribution in [-0.4, -0.2) is 44.3 Å². The molecular formula is C21H28N4OS. The summed E-state index contributed by atoms with van der Waals surface area (Å²) in [5.74, 6) is 2.16. The maximum Gasteiger partial charge on any atom is 0.233 e. The van der Waals surface area contributed by atoms with Crippen LogP contribution >= 0.6 is 11.8 Å². The van der Waals surface area contributed by atoms with Crippen molar-refractivity contribution >= 4 is 17.7 Å². The lowest BCUT2D eigenvalue weighted by molar-refractivity contribution is -0.134. The zero-order chi connectivity index (χ0) is 18.6. The number of rotatable bonds is 5. The third-order valence-corrected chi connectivity index (χ3v) is 6.82. The molecule has 1 aliphatic carbocycles.